The van der Waals surface area contributed by atoms with E-state index in [0.29, 0.717) is 16.8 Å². The van der Waals surface area contributed by atoms with Crippen LogP contribution in [-0.4, -0.2) is 16.7 Å². The third-order valence-electron chi connectivity index (χ3n) is 2.78. The van der Waals surface area contributed by atoms with Crippen molar-refractivity contribution in [3.05, 3.63) is 64.4 Å². The predicted molar refractivity (Wildman–Crippen MR) is 79.2 cm³/mol. The lowest BCUT2D eigenvalue weighted by Gasteiger charge is -2.05. The number of hydrogen-bond donors (Lipinski definition) is 2. The summed E-state index contributed by atoms with van der Waals surface area (Å²) in [7, 11) is 0. The van der Waals surface area contributed by atoms with Gasteiger partial charge in [-0.25, -0.2) is 9.82 Å². The molecule has 0 aliphatic heterocycles. The summed E-state index contributed by atoms with van der Waals surface area (Å²) in [5.74, 6) is -0.790. The van der Waals surface area contributed by atoms with Gasteiger partial charge < -0.3 is 5.11 Å². The summed E-state index contributed by atoms with van der Waals surface area (Å²) in [4.78, 5) is 11.8. The van der Waals surface area contributed by atoms with E-state index in [-0.39, 0.29) is 10.8 Å². The van der Waals surface area contributed by atoms with E-state index in [2.05, 4.69) is 10.5 Å². The molecule has 0 heterocycles. The number of nitrogens with one attached hydrogen (secondary N) is 1. The van der Waals surface area contributed by atoms with Crippen molar-refractivity contribution in [2.45, 2.75) is 6.92 Å². The summed E-state index contributed by atoms with van der Waals surface area (Å²) in [6, 6.07) is 9.69. The average Bonchev–Trinajstić information content (AvgIpc) is 2.45. The largest absolute Gasteiger partial charge is 0.508 e. The van der Waals surface area contributed by atoms with E-state index in [1.54, 1.807) is 6.92 Å². The summed E-state index contributed by atoms with van der Waals surface area (Å²) in [5.41, 5.74) is 3.71. The van der Waals surface area contributed by atoms with Crippen LogP contribution >= 0.6 is 11.6 Å². The first-order valence-corrected chi connectivity index (χ1v) is 6.44. The van der Waals surface area contributed by atoms with Gasteiger partial charge in [-0.2, -0.15) is 5.10 Å². The van der Waals surface area contributed by atoms with Crippen molar-refractivity contribution in [1.29, 1.82) is 0 Å². The monoisotopic (exact) mass is 306 g/mol. The first-order valence-electron chi connectivity index (χ1n) is 6.06. The molecule has 108 valence electrons. The molecule has 0 saturated carbocycles. The maximum atomic E-state index is 13.0. The summed E-state index contributed by atoms with van der Waals surface area (Å²) in [6.45, 7) is 1.65. The number of amides is 1. The van der Waals surface area contributed by atoms with Crippen molar-refractivity contribution < 1.29 is 14.3 Å². The molecule has 0 aliphatic rings. The van der Waals surface area contributed by atoms with Crippen molar-refractivity contribution >= 4 is 23.2 Å². The second kappa shape index (κ2) is 6.37. The van der Waals surface area contributed by atoms with E-state index in [9.17, 15) is 9.18 Å². The third kappa shape index (κ3) is 3.79. The highest BCUT2D eigenvalue weighted by molar-refractivity contribution is 6.34. The van der Waals surface area contributed by atoms with Gasteiger partial charge in [-0.3, -0.25) is 4.79 Å². The minimum Gasteiger partial charge on any atom is -0.508 e. The van der Waals surface area contributed by atoms with Gasteiger partial charge in [0.25, 0.3) is 5.91 Å². The molecule has 6 heteroatoms. The van der Waals surface area contributed by atoms with Crippen LogP contribution < -0.4 is 5.43 Å². The normalized spacial score (nSPS) is 11.3. The van der Waals surface area contributed by atoms with Gasteiger partial charge in [0.05, 0.1) is 10.7 Å². The van der Waals surface area contributed by atoms with Gasteiger partial charge in [-0.1, -0.05) is 11.6 Å². The van der Waals surface area contributed by atoms with Crippen LogP contribution in [0, 0.1) is 5.82 Å². The lowest BCUT2D eigenvalue weighted by atomic mass is 10.1. The van der Waals surface area contributed by atoms with Gasteiger partial charge in [0, 0.05) is 11.1 Å². The Kier molecular flexibility index (Phi) is 4.55. The Labute approximate surface area is 125 Å². The number of nitrogens with zero attached hydrogens (tertiary/aromatic N) is 1. The summed E-state index contributed by atoms with van der Waals surface area (Å²) < 4.78 is 13.0. The van der Waals surface area contributed by atoms with Crippen molar-refractivity contribution in [3.8, 4) is 5.75 Å². The van der Waals surface area contributed by atoms with Crippen LogP contribution in [0.4, 0.5) is 4.39 Å². The van der Waals surface area contributed by atoms with Gasteiger partial charge in [0.1, 0.15) is 11.6 Å². The van der Waals surface area contributed by atoms with Crippen LogP contribution in [0.1, 0.15) is 22.8 Å². The van der Waals surface area contributed by atoms with Crippen LogP contribution in [0.5, 0.6) is 5.75 Å². The number of rotatable bonds is 3. The Morgan fingerprint density at radius 3 is 2.52 bits per heavy atom. The highest BCUT2D eigenvalue weighted by Crippen LogP contribution is 2.18. The van der Waals surface area contributed by atoms with E-state index >= 15 is 0 Å². The van der Waals surface area contributed by atoms with Gasteiger partial charge in [-0.15, -0.1) is 0 Å². The lowest BCUT2D eigenvalue weighted by Crippen LogP contribution is -2.19. The van der Waals surface area contributed by atoms with E-state index in [1.165, 1.54) is 42.5 Å². The van der Waals surface area contributed by atoms with Crippen LogP contribution in [0.25, 0.3) is 0 Å². The first-order chi connectivity index (χ1) is 9.97. The second-order valence-corrected chi connectivity index (χ2v) is 4.72. The van der Waals surface area contributed by atoms with E-state index in [0.717, 1.165) is 0 Å². The van der Waals surface area contributed by atoms with Crippen LogP contribution in [0.15, 0.2) is 47.6 Å². The molecular weight excluding hydrogens is 295 g/mol. The Hall–Kier alpha value is -2.40. The Morgan fingerprint density at radius 2 is 1.90 bits per heavy atom. The van der Waals surface area contributed by atoms with Crippen LogP contribution in [0.3, 0.4) is 0 Å². The number of hydrazone groups is 1. The molecule has 0 fully saturated rings. The standard InChI is InChI=1S/C15H12ClFN2O2/c1-9(13-7-4-11(17)8-14(13)16)18-19-15(21)10-2-5-12(20)6-3-10/h2-8,20H,1H3,(H,19,21)/b18-9-. The molecule has 0 spiro atoms. The molecular formula is C15H12ClFN2O2. The van der Waals surface area contributed by atoms with E-state index in [4.69, 9.17) is 16.7 Å². The molecule has 0 aromatic heterocycles. The number of aromatic hydroxyl groups is 1. The van der Waals surface area contributed by atoms with Crippen molar-refractivity contribution in [2.24, 2.45) is 5.10 Å². The molecule has 21 heavy (non-hydrogen) atoms. The zero-order chi connectivity index (χ0) is 15.4. The minimum absolute atomic E-state index is 0.0734. The molecule has 2 N–H and O–H groups in total. The van der Waals surface area contributed by atoms with Gasteiger partial charge in [0.15, 0.2) is 0 Å². The third-order valence-corrected chi connectivity index (χ3v) is 3.09. The smallest absolute Gasteiger partial charge is 0.271 e. The molecule has 0 radical (unpaired) electrons. The zero-order valence-electron chi connectivity index (χ0n) is 11.1. The minimum atomic E-state index is -0.440. The Bertz CT molecular complexity index is 699. The van der Waals surface area contributed by atoms with Gasteiger partial charge >= 0.3 is 0 Å². The molecule has 0 unspecified atom stereocenters. The highest BCUT2D eigenvalue weighted by Gasteiger charge is 2.07. The molecule has 0 atom stereocenters. The van der Waals surface area contributed by atoms with Crippen molar-refractivity contribution in [3.63, 3.8) is 0 Å². The second-order valence-electron chi connectivity index (χ2n) is 4.31. The number of phenolic OH excluding ortho intramolecular Hbond substituents is 1. The maximum absolute atomic E-state index is 13.0. The molecule has 0 saturated heterocycles. The molecule has 2 aromatic rings. The van der Waals surface area contributed by atoms with Crippen molar-refractivity contribution in [2.75, 3.05) is 0 Å². The van der Waals surface area contributed by atoms with Gasteiger partial charge in [-0.05, 0) is 49.4 Å². The highest BCUT2D eigenvalue weighted by atomic mass is 35.5. The molecule has 1 amide bonds. The quantitative estimate of drug-likeness (QED) is 0.675. The number of hydrogen-bond acceptors (Lipinski definition) is 3. The number of carbonyl (C=O) groups excluding carboxylic acids is 1. The van der Waals surface area contributed by atoms with Crippen LogP contribution in [0.2, 0.25) is 5.02 Å². The fourth-order valence-corrected chi connectivity index (χ4v) is 1.96. The number of halogens is 2. The fourth-order valence-electron chi connectivity index (χ4n) is 1.66. The molecule has 0 aliphatic carbocycles. The molecule has 2 aromatic carbocycles. The Morgan fingerprint density at radius 1 is 1.24 bits per heavy atom. The number of phenols is 1. The van der Waals surface area contributed by atoms with E-state index < -0.39 is 11.7 Å². The van der Waals surface area contributed by atoms with Gasteiger partial charge in [0.2, 0.25) is 0 Å². The van der Waals surface area contributed by atoms with E-state index in [1.807, 2.05) is 0 Å². The SMILES string of the molecule is C/C(=N/NC(=O)c1ccc(O)cc1)c1ccc(F)cc1Cl. The predicted octanol–water partition coefficient (Wildman–Crippen LogP) is 3.34. The maximum Gasteiger partial charge on any atom is 0.271 e. The average molecular weight is 307 g/mol. The number of carbonyl (C=O) groups is 1. The molecule has 4 nitrogen and oxygen atoms in total. The zero-order valence-corrected chi connectivity index (χ0v) is 11.9. The lowest BCUT2D eigenvalue weighted by molar-refractivity contribution is 0.0955. The first kappa shape index (κ1) is 15.0. The van der Waals surface area contributed by atoms with Crippen LogP contribution in [-0.2, 0) is 0 Å². The Balaban J connectivity index is 2.12. The summed E-state index contributed by atoms with van der Waals surface area (Å²) >= 11 is 5.91. The summed E-state index contributed by atoms with van der Waals surface area (Å²) in [6.07, 6.45) is 0. The van der Waals surface area contributed by atoms with Crippen molar-refractivity contribution in [1.82, 2.24) is 5.43 Å². The molecule has 2 rings (SSSR count). The number of benzene rings is 2. The summed E-state index contributed by atoms with van der Waals surface area (Å²) in [5, 5.41) is 13.3. The molecule has 0 bridgehead atoms. The fraction of sp³-hybridized carbons (Fsp3) is 0.0667. The topological polar surface area (TPSA) is 61.7 Å².